The van der Waals surface area contributed by atoms with Crippen LogP contribution < -0.4 is 5.32 Å². The summed E-state index contributed by atoms with van der Waals surface area (Å²) in [4.78, 5) is 2.48. The van der Waals surface area contributed by atoms with E-state index < -0.39 is 0 Å². The van der Waals surface area contributed by atoms with Gasteiger partial charge in [-0.15, -0.1) is 0 Å². The molecule has 0 saturated heterocycles. The summed E-state index contributed by atoms with van der Waals surface area (Å²) in [5.74, 6) is 0. The van der Waals surface area contributed by atoms with E-state index in [1.807, 2.05) is 0 Å². The lowest BCUT2D eigenvalue weighted by molar-refractivity contribution is 0.282. The van der Waals surface area contributed by atoms with Crippen molar-refractivity contribution in [3.8, 4) is 0 Å². The summed E-state index contributed by atoms with van der Waals surface area (Å²) >= 11 is 0. The minimum absolute atomic E-state index is 0.483. The predicted octanol–water partition coefficient (Wildman–Crippen LogP) is 3.38. The minimum atomic E-state index is 0.483. The molecule has 2 nitrogen and oxygen atoms in total. The van der Waals surface area contributed by atoms with E-state index in [4.69, 9.17) is 0 Å². The molecule has 1 N–H and O–H groups in total. The summed E-state index contributed by atoms with van der Waals surface area (Å²) in [7, 11) is 0. The van der Waals surface area contributed by atoms with Crippen LogP contribution in [0.25, 0.3) is 0 Å². The van der Waals surface area contributed by atoms with E-state index in [-0.39, 0.29) is 0 Å². The van der Waals surface area contributed by atoms with Gasteiger partial charge in [-0.1, -0.05) is 50.6 Å². The second-order valence-electron chi connectivity index (χ2n) is 4.84. The van der Waals surface area contributed by atoms with Crippen LogP contribution in [0.5, 0.6) is 0 Å². The third-order valence-electron chi connectivity index (χ3n) is 3.56. The van der Waals surface area contributed by atoms with Crippen LogP contribution in [0, 0.1) is 6.92 Å². The summed E-state index contributed by atoms with van der Waals surface area (Å²) in [6.07, 6.45) is 1.18. The zero-order valence-electron chi connectivity index (χ0n) is 12.4. The van der Waals surface area contributed by atoms with E-state index in [0.717, 1.165) is 19.6 Å². The Bertz CT molecular complexity index is 314. The van der Waals surface area contributed by atoms with Crippen molar-refractivity contribution < 1.29 is 0 Å². The van der Waals surface area contributed by atoms with Gasteiger partial charge in [0.2, 0.25) is 0 Å². The standard InChI is InChI=1S/C16H28N2/c1-5-17-16(12-13-18(6-2)7-3)15-10-8-14(4)9-11-15/h8-11,16-17H,5-7,12-13H2,1-4H3. The maximum Gasteiger partial charge on any atom is 0.0332 e. The van der Waals surface area contributed by atoms with Crippen LogP contribution in [0.2, 0.25) is 0 Å². The van der Waals surface area contributed by atoms with Gasteiger partial charge in [-0.2, -0.15) is 0 Å². The predicted molar refractivity (Wildman–Crippen MR) is 80.0 cm³/mol. The summed E-state index contributed by atoms with van der Waals surface area (Å²) in [5.41, 5.74) is 2.74. The first-order valence-electron chi connectivity index (χ1n) is 7.23. The van der Waals surface area contributed by atoms with Gasteiger partial charge < -0.3 is 10.2 Å². The van der Waals surface area contributed by atoms with Gasteiger partial charge >= 0.3 is 0 Å². The smallest absolute Gasteiger partial charge is 0.0332 e. The molecule has 0 saturated carbocycles. The number of benzene rings is 1. The molecular weight excluding hydrogens is 220 g/mol. The van der Waals surface area contributed by atoms with Crippen molar-refractivity contribution in [2.45, 2.75) is 40.2 Å². The molecule has 0 aliphatic rings. The van der Waals surface area contributed by atoms with E-state index in [1.54, 1.807) is 0 Å². The Morgan fingerprint density at radius 1 is 1.06 bits per heavy atom. The molecule has 1 aromatic carbocycles. The first kappa shape index (κ1) is 15.2. The first-order chi connectivity index (χ1) is 8.71. The second kappa shape index (κ2) is 8.28. The molecule has 0 radical (unpaired) electrons. The fourth-order valence-corrected chi connectivity index (χ4v) is 2.28. The van der Waals surface area contributed by atoms with Crippen LogP contribution in [0.1, 0.15) is 44.4 Å². The van der Waals surface area contributed by atoms with Crippen LogP contribution >= 0.6 is 0 Å². The highest BCUT2D eigenvalue weighted by Crippen LogP contribution is 2.17. The average molecular weight is 248 g/mol. The van der Waals surface area contributed by atoms with E-state index in [0.29, 0.717) is 6.04 Å². The van der Waals surface area contributed by atoms with Gasteiger partial charge in [0.25, 0.3) is 0 Å². The average Bonchev–Trinajstić information content (AvgIpc) is 2.39. The van der Waals surface area contributed by atoms with Gasteiger partial charge in [0.15, 0.2) is 0 Å². The summed E-state index contributed by atoms with van der Waals surface area (Å²) in [6, 6.07) is 9.40. The fraction of sp³-hybridized carbons (Fsp3) is 0.625. The van der Waals surface area contributed by atoms with Crippen molar-refractivity contribution in [3.05, 3.63) is 35.4 Å². The molecule has 1 aromatic rings. The normalized spacial score (nSPS) is 12.9. The number of hydrogen-bond acceptors (Lipinski definition) is 2. The highest BCUT2D eigenvalue weighted by Gasteiger charge is 2.11. The first-order valence-corrected chi connectivity index (χ1v) is 7.23. The van der Waals surface area contributed by atoms with Gasteiger partial charge in [0.05, 0.1) is 0 Å². The van der Waals surface area contributed by atoms with Crippen LogP contribution in [0.4, 0.5) is 0 Å². The van der Waals surface area contributed by atoms with Gasteiger partial charge in [0.1, 0.15) is 0 Å². The van der Waals surface area contributed by atoms with E-state index >= 15 is 0 Å². The number of nitrogens with one attached hydrogen (secondary N) is 1. The molecular formula is C16H28N2. The number of nitrogens with zero attached hydrogens (tertiary/aromatic N) is 1. The van der Waals surface area contributed by atoms with Crippen molar-refractivity contribution in [2.24, 2.45) is 0 Å². The minimum Gasteiger partial charge on any atom is -0.310 e. The van der Waals surface area contributed by atoms with Gasteiger partial charge in [0, 0.05) is 6.04 Å². The molecule has 0 aliphatic heterocycles. The lowest BCUT2D eigenvalue weighted by Crippen LogP contribution is -2.29. The zero-order valence-corrected chi connectivity index (χ0v) is 12.4. The molecule has 0 bridgehead atoms. The molecule has 1 rings (SSSR count). The molecule has 0 heterocycles. The summed E-state index contributed by atoms with van der Waals surface area (Å²) < 4.78 is 0. The Kier molecular flexibility index (Phi) is 6.99. The zero-order chi connectivity index (χ0) is 13.4. The molecule has 102 valence electrons. The Labute approximate surface area is 112 Å². The summed E-state index contributed by atoms with van der Waals surface area (Å²) in [5, 5.41) is 3.60. The van der Waals surface area contributed by atoms with Crippen molar-refractivity contribution in [1.82, 2.24) is 10.2 Å². The van der Waals surface area contributed by atoms with Crippen LogP contribution in [0.15, 0.2) is 24.3 Å². The van der Waals surface area contributed by atoms with Crippen LogP contribution in [-0.4, -0.2) is 31.1 Å². The van der Waals surface area contributed by atoms with Crippen LogP contribution in [0.3, 0.4) is 0 Å². The molecule has 0 spiro atoms. The van der Waals surface area contributed by atoms with Gasteiger partial charge in [-0.05, 0) is 45.1 Å². The highest BCUT2D eigenvalue weighted by atomic mass is 15.1. The third kappa shape index (κ3) is 4.79. The Morgan fingerprint density at radius 3 is 2.17 bits per heavy atom. The fourth-order valence-electron chi connectivity index (χ4n) is 2.28. The topological polar surface area (TPSA) is 15.3 Å². The SMILES string of the molecule is CCNC(CCN(CC)CC)c1ccc(C)cc1. The Morgan fingerprint density at radius 2 is 1.67 bits per heavy atom. The molecule has 1 atom stereocenters. The van der Waals surface area contributed by atoms with Crippen molar-refractivity contribution in [3.63, 3.8) is 0 Å². The lowest BCUT2D eigenvalue weighted by atomic mass is 10.0. The molecule has 2 heteroatoms. The second-order valence-corrected chi connectivity index (χ2v) is 4.84. The number of aryl methyl sites for hydroxylation is 1. The molecule has 18 heavy (non-hydrogen) atoms. The quantitative estimate of drug-likeness (QED) is 0.759. The Hall–Kier alpha value is -0.860. The molecule has 0 aromatic heterocycles. The molecule has 0 fully saturated rings. The molecule has 1 unspecified atom stereocenters. The number of rotatable bonds is 8. The van der Waals surface area contributed by atoms with Crippen molar-refractivity contribution in [2.75, 3.05) is 26.2 Å². The number of hydrogen-bond donors (Lipinski definition) is 1. The van der Waals surface area contributed by atoms with Gasteiger partial charge in [-0.3, -0.25) is 0 Å². The monoisotopic (exact) mass is 248 g/mol. The van der Waals surface area contributed by atoms with E-state index in [2.05, 4.69) is 62.2 Å². The maximum absolute atomic E-state index is 3.60. The molecule has 0 aliphatic carbocycles. The van der Waals surface area contributed by atoms with Crippen LogP contribution in [-0.2, 0) is 0 Å². The third-order valence-corrected chi connectivity index (χ3v) is 3.56. The Balaban J connectivity index is 2.61. The van der Waals surface area contributed by atoms with Crippen molar-refractivity contribution in [1.29, 1.82) is 0 Å². The largest absolute Gasteiger partial charge is 0.310 e. The highest BCUT2D eigenvalue weighted by molar-refractivity contribution is 5.24. The van der Waals surface area contributed by atoms with Gasteiger partial charge in [-0.25, -0.2) is 0 Å². The summed E-state index contributed by atoms with van der Waals surface area (Å²) in [6.45, 7) is 13.3. The van der Waals surface area contributed by atoms with Crippen molar-refractivity contribution >= 4 is 0 Å². The van der Waals surface area contributed by atoms with E-state index in [1.165, 1.54) is 24.1 Å². The lowest BCUT2D eigenvalue weighted by Gasteiger charge is -2.23. The maximum atomic E-state index is 3.60. The molecule has 0 amide bonds. The van der Waals surface area contributed by atoms with E-state index in [9.17, 15) is 0 Å².